The van der Waals surface area contributed by atoms with Gasteiger partial charge in [-0.3, -0.25) is 15.0 Å². The van der Waals surface area contributed by atoms with Crippen LogP contribution in [0.1, 0.15) is 72.2 Å². The highest BCUT2D eigenvalue weighted by Gasteiger charge is 2.27. The van der Waals surface area contributed by atoms with Crippen LogP contribution < -0.4 is 10.2 Å². The fourth-order valence-electron chi connectivity index (χ4n) is 3.36. The number of rotatable bonds is 11. The molecule has 1 aromatic carbocycles. The number of hydrogen-bond donors (Lipinski definition) is 3. The number of ether oxygens (including phenoxy) is 1. The lowest BCUT2D eigenvalue weighted by Crippen LogP contribution is -2.27. The zero-order chi connectivity index (χ0) is 24.9. The number of aryl methyl sites for hydroxylation is 1. The van der Waals surface area contributed by atoms with Gasteiger partial charge in [0.2, 0.25) is 5.91 Å². The van der Waals surface area contributed by atoms with Crippen molar-refractivity contribution in [3.8, 4) is 0 Å². The first kappa shape index (κ1) is 27.5. The molecule has 1 aromatic heterocycles. The Morgan fingerprint density at radius 3 is 2.44 bits per heavy atom. The average molecular weight is 491 g/mol. The molecule has 3 rings (SSSR count). The van der Waals surface area contributed by atoms with Crippen molar-refractivity contribution in [2.45, 2.75) is 58.5 Å². The highest BCUT2D eigenvalue weighted by molar-refractivity contribution is 7.13. The number of urea groups is 1. The van der Waals surface area contributed by atoms with Gasteiger partial charge < -0.3 is 14.9 Å². The largest absolute Gasteiger partial charge is 0.459 e. The van der Waals surface area contributed by atoms with E-state index in [0.717, 1.165) is 44.1 Å². The summed E-state index contributed by atoms with van der Waals surface area (Å²) in [5, 5.41) is 20.8. The molecule has 1 fully saturated rings. The number of unbranched alkanes of at least 4 members (excludes halogenated alkanes) is 2. The SMILES string of the molecule is CCCCCC(O)c1ccc(N2CC(=O)NC2=O)cc1.CCCc1ccc(C(=O)OCCO)s1. The number of nitrogens with one attached hydrogen (secondary N) is 1. The van der Waals surface area contributed by atoms with Crippen LogP contribution in [0.4, 0.5) is 10.5 Å². The van der Waals surface area contributed by atoms with Gasteiger partial charge in [-0.05, 0) is 42.7 Å². The zero-order valence-corrected chi connectivity index (χ0v) is 20.6. The highest BCUT2D eigenvalue weighted by atomic mass is 32.1. The van der Waals surface area contributed by atoms with Gasteiger partial charge in [0.15, 0.2) is 0 Å². The van der Waals surface area contributed by atoms with Gasteiger partial charge in [-0.25, -0.2) is 9.59 Å². The van der Waals surface area contributed by atoms with E-state index in [1.807, 2.05) is 18.2 Å². The molecule has 1 unspecified atom stereocenters. The molecule has 3 amide bonds. The smallest absolute Gasteiger partial charge is 0.348 e. The number of anilines is 1. The standard InChI is InChI=1S/C15H20N2O3.C10H14O3S/c1-2-3-4-5-13(18)11-6-8-12(9-7-11)17-10-14(19)16-15(17)20;1-2-3-8-4-5-9(14-8)10(12)13-7-6-11/h6-9,13,18H,2-5,10H2,1H3,(H,16,19,20);4-5,11H,2-3,6-7H2,1H3. The third-order valence-electron chi connectivity index (χ3n) is 5.15. The Morgan fingerprint density at radius 1 is 1.12 bits per heavy atom. The molecule has 0 spiro atoms. The Labute approximate surface area is 204 Å². The highest BCUT2D eigenvalue weighted by Crippen LogP contribution is 2.24. The number of carbonyl (C=O) groups excluding carboxylic acids is 3. The summed E-state index contributed by atoms with van der Waals surface area (Å²) >= 11 is 1.46. The maximum atomic E-state index is 11.5. The van der Waals surface area contributed by atoms with E-state index in [0.29, 0.717) is 10.6 Å². The van der Waals surface area contributed by atoms with E-state index in [2.05, 4.69) is 19.2 Å². The molecular formula is C25H34N2O6S. The first-order chi connectivity index (χ1) is 16.4. The maximum absolute atomic E-state index is 11.5. The predicted molar refractivity (Wildman–Crippen MR) is 132 cm³/mol. The first-order valence-corrected chi connectivity index (χ1v) is 12.5. The molecule has 1 aliphatic heterocycles. The number of thiophene rings is 1. The normalized spacial score (nSPS) is 13.8. The van der Waals surface area contributed by atoms with Crippen molar-refractivity contribution < 1.29 is 29.3 Å². The topological polar surface area (TPSA) is 116 Å². The molecule has 0 aliphatic carbocycles. The molecule has 2 heterocycles. The molecule has 1 saturated heterocycles. The maximum Gasteiger partial charge on any atom is 0.348 e. The molecule has 34 heavy (non-hydrogen) atoms. The van der Waals surface area contributed by atoms with E-state index in [1.165, 1.54) is 21.1 Å². The summed E-state index contributed by atoms with van der Waals surface area (Å²) in [5.74, 6) is -0.634. The van der Waals surface area contributed by atoms with Crippen LogP contribution in [0.2, 0.25) is 0 Å². The summed E-state index contributed by atoms with van der Waals surface area (Å²) in [5.41, 5.74) is 1.51. The van der Waals surface area contributed by atoms with E-state index in [4.69, 9.17) is 9.84 Å². The number of aliphatic hydroxyl groups excluding tert-OH is 2. The second-order valence-corrected chi connectivity index (χ2v) is 9.09. The van der Waals surface area contributed by atoms with Gasteiger partial charge in [0.05, 0.1) is 12.7 Å². The fraction of sp³-hybridized carbons (Fsp3) is 0.480. The Bertz CT molecular complexity index is 928. The van der Waals surface area contributed by atoms with Gasteiger partial charge in [-0.2, -0.15) is 0 Å². The number of hydrogen-bond acceptors (Lipinski definition) is 7. The van der Waals surface area contributed by atoms with Gasteiger partial charge in [0, 0.05) is 10.6 Å². The van der Waals surface area contributed by atoms with Crippen LogP contribution in [0.25, 0.3) is 0 Å². The van der Waals surface area contributed by atoms with Crippen molar-refractivity contribution in [2.24, 2.45) is 0 Å². The van der Waals surface area contributed by atoms with Crippen molar-refractivity contribution in [1.82, 2.24) is 5.32 Å². The molecule has 8 nitrogen and oxygen atoms in total. The van der Waals surface area contributed by atoms with Crippen LogP contribution in [-0.2, 0) is 16.0 Å². The van der Waals surface area contributed by atoms with Gasteiger partial charge in [-0.1, -0.05) is 51.7 Å². The molecule has 2 aromatic rings. The van der Waals surface area contributed by atoms with Crippen molar-refractivity contribution in [1.29, 1.82) is 0 Å². The zero-order valence-electron chi connectivity index (χ0n) is 19.8. The van der Waals surface area contributed by atoms with Gasteiger partial charge in [0.1, 0.15) is 18.0 Å². The second-order valence-electron chi connectivity index (χ2n) is 7.92. The summed E-state index contributed by atoms with van der Waals surface area (Å²) in [6, 6.07) is 10.5. The van der Waals surface area contributed by atoms with Crippen LogP contribution in [0, 0.1) is 0 Å². The first-order valence-electron chi connectivity index (χ1n) is 11.7. The lowest BCUT2D eigenvalue weighted by molar-refractivity contribution is -0.117. The molecule has 1 aliphatic rings. The Balaban J connectivity index is 0.000000257. The van der Waals surface area contributed by atoms with E-state index < -0.39 is 12.1 Å². The Kier molecular flexibility index (Phi) is 11.7. The van der Waals surface area contributed by atoms with Gasteiger partial charge in [-0.15, -0.1) is 11.3 Å². The van der Waals surface area contributed by atoms with Crippen LogP contribution in [0.3, 0.4) is 0 Å². The number of benzene rings is 1. The van der Waals surface area contributed by atoms with Gasteiger partial charge >= 0.3 is 12.0 Å². The number of imide groups is 1. The fourth-order valence-corrected chi connectivity index (χ4v) is 4.36. The molecule has 9 heteroatoms. The summed E-state index contributed by atoms with van der Waals surface area (Å²) in [7, 11) is 0. The van der Waals surface area contributed by atoms with E-state index in [1.54, 1.807) is 18.2 Å². The Morgan fingerprint density at radius 2 is 1.85 bits per heavy atom. The third-order valence-corrected chi connectivity index (χ3v) is 6.27. The lowest BCUT2D eigenvalue weighted by Gasteiger charge is -2.15. The van der Waals surface area contributed by atoms with Crippen LogP contribution in [0.15, 0.2) is 36.4 Å². The number of carbonyl (C=O) groups is 3. The van der Waals surface area contributed by atoms with E-state index in [9.17, 15) is 19.5 Å². The molecule has 0 bridgehead atoms. The molecule has 0 radical (unpaired) electrons. The summed E-state index contributed by atoms with van der Waals surface area (Å²) in [4.78, 5) is 37.2. The third kappa shape index (κ3) is 8.55. The monoisotopic (exact) mass is 490 g/mol. The minimum absolute atomic E-state index is 0.0528. The van der Waals surface area contributed by atoms with E-state index in [-0.39, 0.29) is 31.6 Å². The summed E-state index contributed by atoms with van der Waals surface area (Å²) in [6.07, 6.45) is 5.60. The van der Waals surface area contributed by atoms with Crippen LogP contribution >= 0.6 is 11.3 Å². The molecule has 0 saturated carbocycles. The number of nitrogens with zero attached hydrogens (tertiary/aromatic N) is 1. The predicted octanol–water partition coefficient (Wildman–Crippen LogP) is 4.21. The van der Waals surface area contributed by atoms with Gasteiger partial charge in [0.25, 0.3) is 0 Å². The Hall–Kier alpha value is -2.75. The van der Waals surface area contributed by atoms with E-state index >= 15 is 0 Å². The minimum atomic E-state index is -0.468. The summed E-state index contributed by atoms with van der Waals surface area (Å²) in [6.45, 7) is 4.23. The minimum Gasteiger partial charge on any atom is -0.459 e. The molecular weight excluding hydrogens is 456 g/mol. The van der Waals surface area contributed by atoms with Crippen molar-refractivity contribution in [3.05, 3.63) is 51.7 Å². The number of amides is 3. The van der Waals surface area contributed by atoms with Crippen molar-refractivity contribution in [3.63, 3.8) is 0 Å². The summed E-state index contributed by atoms with van der Waals surface area (Å²) < 4.78 is 4.79. The molecule has 186 valence electrons. The quantitative estimate of drug-likeness (QED) is 0.247. The van der Waals surface area contributed by atoms with Crippen LogP contribution in [-0.4, -0.2) is 47.9 Å². The van der Waals surface area contributed by atoms with Crippen LogP contribution in [0.5, 0.6) is 0 Å². The van der Waals surface area contributed by atoms with Crippen molar-refractivity contribution in [2.75, 3.05) is 24.7 Å². The average Bonchev–Trinajstić information content (AvgIpc) is 3.44. The number of aliphatic hydroxyl groups is 2. The second kappa shape index (κ2) is 14.5. The molecule has 3 N–H and O–H groups in total. The molecule has 1 atom stereocenters. The van der Waals surface area contributed by atoms with Crippen molar-refractivity contribution >= 4 is 34.9 Å². The lowest BCUT2D eigenvalue weighted by atomic mass is 10.0. The number of esters is 1.